The second-order valence-electron chi connectivity index (χ2n) is 4.76. The van der Waals surface area contributed by atoms with E-state index in [0.29, 0.717) is 11.7 Å². The molecular formula is C13H15N3O3. The highest BCUT2D eigenvalue weighted by Gasteiger charge is 2.20. The molecule has 0 spiro atoms. The molecule has 6 nitrogen and oxygen atoms in total. The lowest BCUT2D eigenvalue weighted by Gasteiger charge is -2.26. The van der Waals surface area contributed by atoms with Crippen LogP contribution < -0.4 is 10.1 Å². The van der Waals surface area contributed by atoms with E-state index in [4.69, 9.17) is 9.84 Å². The molecule has 2 N–H and O–H groups in total. The summed E-state index contributed by atoms with van der Waals surface area (Å²) >= 11 is 0. The molecule has 2 heterocycles. The largest absolute Gasteiger partial charge is 0.495 e. The lowest BCUT2D eigenvalue weighted by Crippen LogP contribution is -2.44. The van der Waals surface area contributed by atoms with E-state index in [0.717, 1.165) is 30.5 Å². The Hall–Kier alpha value is -2.08. The zero-order chi connectivity index (χ0) is 13.4. The van der Waals surface area contributed by atoms with Crippen molar-refractivity contribution in [3.05, 3.63) is 23.9 Å². The molecule has 0 radical (unpaired) electrons. The van der Waals surface area contributed by atoms with E-state index in [-0.39, 0.29) is 5.56 Å². The first-order valence-electron chi connectivity index (χ1n) is 6.17. The van der Waals surface area contributed by atoms with Gasteiger partial charge in [-0.1, -0.05) is 0 Å². The molecule has 0 unspecified atom stereocenters. The number of carboxylic acids is 1. The van der Waals surface area contributed by atoms with E-state index >= 15 is 0 Å². The molecule has 100 valence electrons. The zero-order valence-corrected chi connectivity index (χ0v) is 10.6. The predicted octanol–water partition coefficient (Wildman–Crippen LogP) is 0.962. The Balaban J connectivity index is 2.03. The lowest BCUT2D eigenvalue weighted by atomic mass is 10.0. The highest BCUT2D eigenvalue weighted by Crippen LogP contribution is 2.29. The van der Waals surface area contributed by atoms with Crippen LogP contribution in [0.1, 0.15) is 10.4 Å². The maximum absolute atomic E-state index is 11.1. The molecule has 0 amide bonds. The SMILES string of the molecule is COc1c(C(=O)O)ccc2nn(CC3CNC3)cc12. The fraction of sp³-hybridized carbons (Fsp3) is 0.385. The second kappa shape index (κ2) is 4.55. The number of aromatic nitrogens is 2. The molecular weight excluding hydrogens is 246 g/mol. The second-order valence-corrected chi connectivity index (χ2v) is 4.76. The Morgan fingerprint density at radius 1 is 1.58 bits per heavy atom. The molecule has 19 heavy (non-hydrogen) atoms. The van der Waals surface area contributed by atoms with Crippen LogP contribution in [0.25, 0.3) is 10.9 Å². The Morgan fingerprint density at radius 3 is 2.95 bits per heavy atom. The molecule has 1 aliphatic heterocycles. The smallest absolute Gasteiger partial charge is 0.339 e. The molecule has 0 bridgehead atoms. The average Bonchev–Trinajstić information content (AvgIpc) is 2.74. The lowest BCUT2D eigenvalue weighted by molar-refractivity contribution is 0.0693. The summed E-state index contributed by atoms with van der Waals surface area (Å²) in [7, 11) is 1.48. The van der Waals surface area contributed by atoms with E-state index < -0.39 is 5.97 Å². The fourth-order valence-electron chi connectivity index (χ4n) is 2.34. The summed E-state index contributed by atoms with van der Waals surface area (Å²) in [6, 6.07) is 3.25. The maximum Gasteiger partial charge on any atom is 0.339 e. The number of aromatic carboxylic acids is 1. The summed E-state index contributed by atoms with van der Waals surface area (Å²) in [6.07, 6.45) is 1.86. The van der Waals surface area contributed by atoms with E-state index in [1.807, 2.05) is 10.9 Å². The minimum Gasteiger partial charge on any atom is -0.495 e. The number of benzene rings is 1. The molecule has 1 fully saturated rings. The topological polar surface area (TPSA) is 76.4 Å². The number of methoxy groups -OCH3 is 1. The van der Waals surface area contributed by atoms with Crippen LogP contribution in [0.3, 0.4) is 0 Å². The average molecular weight is 261 g/mol. The fourth-order valence-corrected chi connectivity index (χ4v) is 2.34. The standard InChI is InChI=1S/C13H15N3O3/c1-19-12-9(13(17)18)2-3-11-10(12)7-16(15-11)6-8-4-14-5-8/h2-3,7-8,14H,4-6H2,1H3,(H,17,18). The number of hydrogen-bond acceptors (Lipinski definition) is 4. The van der Waals surface area contributed by atoms with Gasteiger partial charge in [0.2, 0.25) is 0 Å². The van der Waals surface area contributed by atoms with E-state index in [2.05, 4.69) is 10.4 Å². The van der Waals surface area contributed by atoms with Gasteiger partial charge in [-0.15, -0.1) is 0 Å². The Morgan fingerprint density at radius 2 is 2.37 bits per heavy atom. The van der Waals surface area contributed by atoms with Crippen molar-refractivity contribution in [2.75, 3.05) is 20.2 Å². The van der Waals surface area contributed by atoms with Crippen molar-refractivity contribution in [3.63, 3.8) is 0 Å². The number of ether oxygens (including phenoxy) is 1. The summed E-state index contributed by atoms with van der Waals surface area (Å²) in [5.74, 6) is -0.0167. The number of hydrogen-bond donors (Lipinski definition) is 2. The van der Waals surface area contributed by atoms with Gasteiger partial charge in [0, 0.05) is 31.7 Å². The number of carboxylic acid groups (broad SMARTS) is 1. The first kappa shape index (κ1) is 12.0. The Labute approximate surface area is 110 Å². The molecule has 0 atom stereocenters. The van der Waals surface area contributed by atoms with Crippen LogP contribution in [0.4, 0.5) is 0 Å². The molecule has 2 aromatic rings. The zero-order valence-electron chi connectivity index (χ0n) is 10.6. The summed E-state index contributed by atoms with van der Waals surface area (Å²) < 4.78 is 7.10. The number of carbonyl (C=O) groups is 1. The van der Waals surface area contributed by atoms with Gasteiger partial charge >= 0.3 is 5.97 Å². The minimum absolute atomic E-state index is 0.167. The summed E-state index contributed by atoms with van der Waals surface area (Å²) in [4.78, 5) is 11.1. The molecule has 1 aliphatic rings. The first-order chi connectivity index (χ1) is 9.19. The number of nitrogens with zero attached hydrogens (tertiary/aromatic N) is 2. The van der Waals surface area contributed by atoms with Crippen LogP contribution in [0.15, 0.2) is 18.3 Å². The third-order valence-electron chi connectivity index (χ3n) is 3.43. The van der Waals surface area contributed by atoms with Crippen molar-refractivity contribution in [1.29, 1.82) is 0 Å². The van der Waals surface area contributed by atoms with Crippen molar-refractivity contribution in [2.45, 2.75) is 6.54 Å². The van der Waals surface area contributed by atoms with Crippen molar-refractivity contribution >= 4 is 16.9 Å². The molecule has 1 saturated heterocycles. The van der Waals surface area contributed by atoms with E-state index in [9.17, 15) is 4.79 Å². The molecule has 0 saturated carbocycles. The van der Waals surface area contributed by atoms with Gasteiger partial charge in [0.05, 0.1) is 18.0 Å². The van der Waals surface area contributed by atoms with Crippen LogP contribution in [0.2, 0.25) is 0 Å². The summed E-state index contributed by atoms with van der Waals surface area (Å²) in [5, 5.41) is 17.6. The van der Waals surface area contributed by atoms with Crippen LogP contribution in [0, 0.1) is 5.92 Å². The number of rotatable bonds is 4. The maximum atomic E-state index is 11.1. The van der Waals surface area contributed by atoms with Gasteiger partial charge in [0.25, 0.3) is 0 Å². The number of nitrogens with one attached hydrogen (secondary N) is 1. The highest BCUT2D eigenvalue weighted by molar-refractivity contribution is 5.99. The first-order valence-corrected chi connectivity index (χ1v) is 6.17. The van der Waals surface area contributed by atoms with Crippen LogP contribution >= 0.6 is 0 Å². The van der Waals surface area contributed by atoms with E-state index in [1.165, 1.54) is 13.2 Å². The van der Waals surface area contributed by atoms with Crippen LogP contribution in [-0.4, -0.2) is 41.1 Å². The normalized spacial score (nSPS) is 15.4. The van der Waals surface area contributed by atoms with Gasteiger partial charge in [-0.3, -0.25) is 4.68 Å². The highest BCUT2D eigenvalue weighted by atomic mass is 16.5. The van der Waals surface area contributed by atoms with Crippen LogP contribution in [-0.2, 0) is 6.54 Å². The van der Waals surface area contributed by atoms with E-state index in [1.54, 1.807) is 6.07 Å². The molecule has 3 rings (SSSR count). The van der Waals surface area contributed by atoms with Gasteiger partial charge in [-0.25, -0.2) is 4.79 Å². The van der Waals surface area contributed by atoms with Crippen molar-refractivity contribution < 1.29 is 14.6 Å². The monoisotopic (exact) mass is 261 g/mol. The molecule has 6 heteroatoms. The van der Waals surface area contributed by atoms with Gasteiger partial charge in [-0.2, -0.15) is 5.10 Å². The minimum atomic E-state index is -0.991. The third-order valence-corrected chi connectivity index (χ3v) is 3.43. The summed E-state index contributed by atoms with van der Waals surface area (Å²) in [6.45, 7) is 2.86. The van der Waals surface area contributed by atoms with Gasteiger partial charge in [-0.05, 0) is 12.1 Å². The molecule has 1 aromatic heterocycles. The Bertz CT molecular complexity index is 631. The third kappa shape index (κ3) is 2.04. The quantitative estimate of drug-likeness (QED) is 0.857. The summed E-state index contributed by atoms with van der Waals surface area (Å²) in [5.41, 5.74) is 0.925. The van der Waals surface area contributed by atoms with Crippen molar-refractivity contribution in [2.24, 2.45) is 5.92 Å². The van der Waals surface area contributed by atoms with Gasteiger partial charge < -0.3 is 15.2 Å². The van der Waals surface area contributed by atoms with Crippen LogP contribution in [0.5, 0.6) is 5.75 Å². The van der Waals surface area contributed by atoms with Crippen molar-refractivity contribution in [3.8, 4) is 5.75 Å². The predicted molar refractivity (Wildman–Crippen MR) is 69.6 cm³/mol. The van der Waals surface area contributed by atoms with Gasteiger partial charge in [0.1, 0.15) is 11.3 Å². The van der Waals surface area contributed by atoms with Crippen molar-refractivity contribution in [1.82, 2.24) is 15.1 Å². The number of fused-ring (bicyclic) bond motifs is 1. The Kier molecular flexibility index (Phi) is 2.87. The molecule has 0 aliphatic carbocycles. The van der Waals surface area contributed by atoms with Gasteiger partial charge in [0.15, 0.2) is 0 Å². The molecule has 1 aromatic carbocycles.